The van der Waals surface area contributed by atoms with Crippen molar-refractivity contribution in [1.82, 2.24) is 14.0 Å². The van der Waals surface area contributed by atoms with Crippen LogP contribution in [0.3, 0.4) is 0 Å². The van der Waals surface area contributed by atoms with E-state index in [-0.39, 0.29) is 23.5 Å². The van der Waals surface area contributed by atoms with Gasteiger partial charge in [0.05, 0.1) is 12.2 Å². The number of morpholine rings is 1. The predicted molar refractivity (Wildman–Crippen MR) is 72.2 cm³/mol. The molecule has 106 valence electrons. The zero-order valence-electron chi connectivity index (χ0n) is 11.9. The third kappa shape index (κ3) is 2.96. The number of aromatic nitrogens is 2. The average Bonchev–Trinajstić information content (AvgIpc) is 2.32. The van der Waals surface area contributed by atoms with E-state index in [4.69, 9.17) is 4.74 Å². The van der Waals surface area contributed by atoms with E-state index in [0.29, 0.717) is 6.54 Å². The molecule has 19 heavy (non-hydrogen) atoms. The standard InChI is InChI=1S/C13H21N3O3/c1-9-6-16(7-10(2)19-9)8-11-5-12(17)15(4)13(18)14(11)3/h5,9-10H,6-8H2,1-4H3. The van der Waals surface area contributed by atoms with Gasteiger partial charge >= 0.3 is 5.69 Å². The number of hydrogen-bond donors (Lipinski definition) is 0. The Morgan fingerprint density at radius 1 is 1.16 bits per heavy atom. The largest absolute Gasteiger partial charge is 0.373 e. The molecule has 1 fully saturated rings. The normalized spacial score (nSPS) is 24.6. The van der Waals surface area contributed by atoms with Gasteiger partial charge in [-0.25, -0.2) is 4.79 Å². The number of nitrogens with zero attached hydrogens (tertiary/aromatic N) is 3. The Balaban J connectivity index is 2.24. The smallest absolute Gasteiger partial charge is 0.330 e. The second-order valence-electron chi connectivity index (χ2n) is 5.33. The maximum atomic E-state index is 11.9. The summed E-state index contributed by atoms with van der Waals surface area (Å²) < 4.78 is 8.33. The highest BCUT2D eigenvalue weighted by Crippen LogP contribution is 2.12. The van der Waals surface area contributed by atoms with Gasteiger partial charge in [-0.15, -0.1) is 0 Å². The number of hydrogen-bond acceptors (Lipinski definition) is 4. The maximum absolute atomic E-state index is 11.9. The van der Waals surface area contributed by atoms with E-state index >= 15 is 0 Å². The first kappa shape index (κ1) is 14.0. The van der Waals surface area contributed by atoms with Crippen molar-refractivity contribution < 1.29 is 4.74 Å². The van der Waals surface area contributed by atoms with E-state index in [1.807, 2.05) is 13.8 Å². The summed E-state index contributed by atoms with van der Waals surface area (Å²) in [6.07, 6.45) is 0.347. The second-order valence-corrected chi connectivity index (χ2v) is 5.33. The summed E-state index contributed by atoms with van der Waals surface area (Å²) in [5, 5.41) is 0. The Morgan fingerprint density at radius 3 is 2.32 bits per heavy atom. The summed E-state index contributed by atoms with van der Waals surface area (Å²) in [4.78, 5) is 25.8. The van der Waals surface area contributed by atoms with Crippen molar-refractivity contribution in [2.45, 2.75) is 32.6 Å². The van der Waals surface area contributed by atoms with Crippen LogP contribution in [0.1, 0.15) is 19.5 Å². The molecular formula is C13H21N3O3. The number of rotatable bonds is 2. The van der Waals surface area contributed by atoms with Crippen molar-refractivity contribution in [1.29, 1.82) is 0 Å². The molecule has 2 rings (SSSR count). The van der Waals surface area contributed by atoms with Gasteiger partial charge in [0.1, 0.15) is 0 Å². The molecule has 2 heterocycles. The molecule has 0 amide bonds. The minimum absolute atomic E-state index is 0.173. The summed E-state index contributed by atoms with van der Waals surface area (Å²) in [6.45, 7) is 6.29. The molecule has 1 aromatic heterocycles. The summed E-state index contributed by atoms with van der Waals surface area (Å²) >= 11 is 0. The van der Waals surface area contributed by atoms with Crippen LogP contribution < -0.4 is 11.2 Å². The van der Waals surface area contributed by atoms with Crippen LogP contribution in [0.25, 0.3) is 0 Å². The Kier molecular flexibility index (Phi) is 3.91. The van der Waals surface area contributed by atoms with Crippen LogP contribution in [0, 0.1) is 0 Å². The van der Waals surface area contributed by atoms with Crippen molar-refractivity contribution in [3.63, 3.8) is 0 Å². The van der Waals surface area contributed by atoms with Gasteiger partial charge in [-0.05, 0) is 13.8 Å². The van der Waals surface area contributed by atoms with Gasteiger partial charge in [-0.3, -0.25) is 18.8 Å². The Morgan fingerprint density at radius 2 is 1.74 bits per heavy atom. The van der Waals surface area contributed by atoms with Gasteiger partial charge in [0.2, 0.25) is 0 Å². The molecule has 2 unspecified atom stereocenters. The van der Waals surface area contributed by atoms with E-state index in [2.05, 4.69) is 4.90 Å². The predicted octanol–water partition coefficient (Wildman–Crippen LogP) is -0.307. The first-order chi connectivity index (χ1) is 8.88. The molecule has 6 heteroatoms. The van der Waals surface area contributed by atoms with E-state index in [1.54, 1.807) is 7.05 Å². The van der Waals surface area contributed by atoms with Crippen molar-refractivity contribution in [2.24, 2.45) is 14.1 Å². The minimum Gasteiger partial charge on any atom is -0.373 e. The highest BCUT2D eigenvalue weighted by atomic mass is 16.5. The van der Waals surface area contributed by atoms with Crippen LogP contribution >= 0.6 is 0 Å². The quantitative estimate of drug-likeness (QED) is 0.738. The van der Waals surface area contributed by atoms with Crippen molar-refractivity contribution in [3.05, 3.63) is 32.6 Å². The molecule has 1 aliphatic heterocycles. The second kappa shape index (κ2) is 5.30. The summed E-state index contributed by atoms with van der Waals surface area (Å²) in [5.41, 5.74) is 0.207. The van der Waals surface area contributed by atoms with Crippen molar-refractivity contribution >= 4 is 0 Å². The Bertz CT molecular complexity index is 565. The molecule has 1 aliphatic rings. The lowest BCUT2D eigenvalue weighted by Crippen LogP contribution is -2.46. The molecule has 1 saturated heterocycles. The molecule has 0 spiro atoms. The monoisotopic (exact) mass is 267 g/mol. The first-order valence-electron chi connectivity index (χ1n) is 6.52. The zero-order valence-corrected chi connectivity index (χ0v) is 11.9. The SMILES string of the molecule is CC1CN(Cc2cc(=O)n(C)c(=O)n2C)CC(C)O1. The van der Waals surface area contributed by atoms with Gasteiger partial charge in [0, 0.05) is 45.5 Å². The Labute approximate surface area is 112 Å². The first-order valence-corrected chi connectivity index (χ1v) is 6.52. The summed E-state index contributed by atoms with van der Waals surface area (Å²) in [7, 11) is 3.19. The molecule has 0 N–H and O–H groups in total. The summed E-state index contributed by atoms with van der Waals surface area (Å²) in [6, 6.07) is 1.53. The Hall–Kier alpha value is -1.40. The van der Waals surface area contributed by atoms with E-state index in [1.165, 1.54) is 17.7 Å². The molecule has 0 bridgehead atoms. The van der Waals surface area contributed by atoms with Gasteiger partial charge in [0.15, 0.2) is 0 Å². The summed E-state index contributed by atoms with van der Waals surface area (Å²) in [5.74, 6) is 0. The zero-order chi connectivity index (χ0) is 14.2. The molecule has 0 saturated carbocycles. The maximum Gasteiger partial charge on any atom is 0.330 e. The van der Waals surface area contributed by atoms with Crippen LogP contribution in [0.5, 0.6) is 0 Å². The lowest BCUT2D eigenvalue weighted by atomic mass is 10.2. The lowest BCUT2D eigenvalue weighted by molar-refractivity contribution is -0.0710. The third-order valence-electron chi connectivity index (χ3n) is 3.51. The topological polar surface area (TPSA) is 56.5 Å². The van der Waals surface area contributed by atoms with Crippen LogP contribution in [-0.4, -0.2) is 39.3 Å². The van der Waals surface area contributed by atoms with Crippen LogP contribution in [-0.2, 0) is 25.4 Å². The highest BCUT2D eigenvalue weighted by Gasteiger charge is 2.23. The van der Waals surface area contributed by atoms with Gasteiger partial charge < -0.3 is 4.74 Å². The van der Waals surface area contributed by atoms with Gasteiger partial charge in [-0.1, -0.05) is 0 Å². The molecule has 1 aromatic rings. The lowest BCUT2D eigenvalue weighted by Gasteiger charge is -2.35. The number of ether oxygens (including phenoxy) is 1. The highest BCUT2D eigenvalue weighted by molar-refractivity contribution is 5.02. The van der Waals surface area contributed by atoms with E-state index in [9.17, 15) is 9.59 Å². The fourth-order valence-corrected chi connectivity index (χ4v) is 2.57. The molecule has 0 aliphatic carbocycles. The molecular weight excluding hydrogens is 246 g/mol. The minimum atomic E-state index is -0.281. The van der Waals surface area contributed by atoms with E-state index < -0.39 is 0 Å². The molecule has 0 aromatic carbocycles. The van der Waals surface area contributed by atoms with Crippen molar-refractivity contribution in [2.75, 3.05) is 13.1 Å². The fraction of sp³-hybridized carbons (Fsp3) is 0.692. The molecule has 2 atom stereocenters. The van der Waals surface area contributed by atoms with Gasteiger partial charge in [0.25, 0.3) is 5.56 Å². The average molecular weight is 267 g/mol. The fourth-order valence-electron chi connectivity index (χ4n) is 2.57. The van der Waals surface area contributed by atoms with Gasteiger partial charge in [-0.2, -0.15) is 0 Å². The molecule has 6 nitrogen and oxygen atoms in total. The van der Waals surface area contributed by atoms with E-state index in [0.717, 1.165) is 23.4 Å². The van der Waals surface area contributed by atoms with Crippen LogP contribution in [0.4, 0.5) is 0 Å². The molecule has 0 radical (unpaired) electrons. The van der Waals surface area contributed by atoms with Crippen molar-refractivity contribution in [3.8, 4) is 0 Å². The third-order valence-corrected chi connectivity index (χ3v) is 3.51. The van der Waals surface area contributed by atoms with Crippen LogP contribution in [0.15, 0.2) is 15.7 Å². The van der Waals surface area contributed by atoms with Crippen LogP contribution in [0.2, 0.25) is 0 Å².